The van der Waals surface area contributed by atoms with E-state index in [2.05, 4.69) is 9.55 Å². The Labute approximate surface area is 152 Å². The molecule has 24 heavy (non-hydrogen) atoms. The first kappa shape index (κ1) is 17.7. The van der Waals surface area contributed by atoms with E-state index in [4.69, 9.17) is 23.2 Å². The number of hydrogen-bond donors (Lipinski definition) is 0. The quantitative estimate of drug-likeness (QED) is 0.788. The molecule has 0 unspecified atom stereocenters. The van der Waals surface area contributed by atoms with Crippen LogP contribution < -0.4 is 0 Å². The average Bonchev–Trinajstić information content (AvgIpc) is 2.93. The van der Waals surface area contributed by atoms with E-state index in [0.717, 1.165) is 37.3 Å². The zero-order chi connectivity index (χ0) is 17.3. The molecule has 0 radical (unpaired) electrons. The van der Waals surface area contributed by atoms with Crippen molar-refractivity contribution in [3.63, 3.8) is 0 Å². The zero-order valence-corrected chi connectivity index (χ0v) is 15.7. The van der Waals surface area contributed by atoms with Crippen molar-refractivity contribution in [2.75, 3.05) is 7.05 Å². The van der Waals surface area contributed by atoms with E-state index in [-0.39, 0.29) is 12.3 Å². The van der Waals surface area contributed by atoms with Crippen molar-refractivity contribution in [1.82, 2.24) is 13.9 Å². The van der Waals surface area contributed by atoms with Crippen LogP contribution in [0.1, 0.15) is 29.9 Å². The van der Waals surface area contributed by atoms with Crippen molar-refractivity contribution in [3.05, 3.63) is 51.5 Å². The Morgan fingerprint density at radius 1 is 1.25 bits per heavy atom. The van der Waals surface area contributed by atoms with Gasteiger partial charge in [0.1, 0.15) is 5.82 Å². The maximum Gasteiger partial charge on any atom is 0.218 e. The molecule has 8 heteroatoms. The summed E-state index contributed by atoms with van der Waals surface area (Å²) in [5.41, 5.74) is 1.19. The van der Waals surface area contributed by atoms with Crippen LogP contribution in [0.5, 0.6) is 0 Å². The first-order valence-electron chi connectivity index (χ1n) is 7.78. The molecule has 1 aromatic heterocycles. The molecular weight excluding hydrogens is 369 g/mol. The molecule has 3 rings (SSSR count). The summed E-state index contributed by atoms with van der Waals surface area (Å²) in [6.07, 6.45) is 5.17. The fourth-order valence-electron chi connectivity index (χ4n) is 2.84. The molecule has 2 aromatic rings. The number of fused-ring (bicyclic) bond motifs is 1. The third-order valence-electron chi connectivity index (χ3n) is 4.21. The predicted octanol–water partition coefficient (Wildman–Crippen LogP) is 3.49. The van der Waals surface area contributed by atoms with E-state index in [0.29, 0.717) is 15.6 Å². The summed E-state index contributed by atoms with van der Waals surface area (Å²) in [5.74, 6) is 0.812. The van der Waals surface area contributed by atoms with E-state index in [1.54, 1.807) is 25.2 Å². The Morgan fingerprint density at radius 3 is 2.62 bits per heavy atom. The van der Waals surface area contributed by atoms with Gasteiger partial charge in [-0.2, -0.15) is 4.31 Å². The summed E-state index contributed by atoms with van der Waals surface area (Å²) in [6, 6.07) is 4.98. The van der Waals surface area contributed by atoms with Crippen LogP contribution in [0.3, 0.4) is 0 Å². The molecule has 5 nitrogen and oxygen atoms in total. The second-order valence-corrected chi connectivity index (χ2v) is 8.90. The minimum Gasteiger partial charge on any atom is -0.335 e. The number of sulfonamides is 1. The number of aryl methyl sites for hydroxylation is 2. The van der Waals surface area contributed by atoms with Crippen LogP contribution in [-0.4, -0.2) is 29.3 Å². The Balaban J connectivity index is 1.76. The summed E-state index contributed by atoms with van der Waals surface area (Å²) < 4.78 is 28.7. The number of aromatic nitrogens is 2. The minimum absolute atomic E-state index is 0.227. The van der Waals surface area contributed by atoms with Gasteiger partial charge in [0, 0.05) is 41.8 Å². The fourth-order valence-corrected chi connectivity index (χ4v) is 4.75. The van der Waals surface area contributed by atoms with Crippen molar-refractivity contribution in [2.45, 2.75) is 38.1 Å². The molecule has 130 valence electrons. The molecule has 0 aliphatic carbocycles. The molecular formula is C16H19Cl2N3O2S. The standard InChI is InChI=1S/C16H19Cl2N3O2S/c1-20(9-12-10-21-8-3-2-7-16(21)19-12)24(22,23)11-13-14(17)5-4-6-15(13)18/h4-6,10H,2-3,7-9,11H2,1H3. The van der Waals surface area contributed by atoms with Crippen LogP contribution in [0.2, 0.25) is 10.0 Å². The lowest BCUT2D eigenvalue weighted by atomic mass is 10.2. The molecule has 0 N–H and O–H groups in total. The smallest absolute Gasteiger partial charge is 0.218 e. The largest absolute Gasteiger partial charge is 0.335 e. The van der Waals surface area contributed by atoms with Gasteiger partial charge >= 0.3 is 0 Å². The summed E-state index contributed by atoms with van der Waals surface area (Å²) in [6.45, 7) is 1.19. The predicted molar refractivity (Wildman–Crippen MR) is 95.7 cm³/mol. The highest BCUT2D eigenvalue weighted by Gasteiger charge is 2.23. The lowest BCUT2D eigenvalue weighted by Crippen LogP contribution is -2.28. The van der Waals surface area contributed by atoms with Gasteiger partial charge in [-0.25, -0.2) is 13.4 Å². The van der Waals surface area contributed by atoms with Crippen LogP contribution in [0.4, 0.5) is 0 Å². The van der Waals surface area contributed by atoms with E-state index in [9.17, 15) is 8.42 Å². The van der Waals surface area contributed by atoms with Gasteiger partial charge in [-0.05, 0) is 25.0 Å². The highest BCUT2D eigenvalue weighted by molar-refractivity contribution is 7.88. The molecule has 2 heterocycles. The summed E-state index contributed by atoms with van der Waals surface area (Å²) >= 11 is 12.2. The summed E-state index contributed by atoms with van der Waals surface area (Å²) in [4.78, 5) is 4.55. The molecule has 0 spiro atoms. The monoisotopic (exact) mass is 387 g/mol. The topological polar surface area (TPSA) is 55.2 Å². The molecule has 1 aromatic carbocycles. The molecule has 0 atom stereocenters. The highest BCUT2D eigenvalue weighted by atomic mass is 35.5. The molecule has 0 amide bonds. The molecule has 0 saturated carbocycles. The molecule has 0 saturated heterocycles. The van der Waals surface area contributed by atoms with E-state index in [1.807, 2.05) is 6.20 Å². The van der Waals surface area contributed by atoms with Crippen molar-refractivity contribution >= 4 is 33.2 Å². The molecule has 0 bridgehead atoms. The SMILES string of the molecule is CN(Cc1cn2c(n1)CCCC2)S(=O)(=O)Cc1c(Cl)cccc1Cl. The second-order valence-electron chi connectivity index (χ2n) is 6.01. The number of halogens is 2. The number of imidazole rings is 1. The van der Waals surface area contributed by atoms with Crippen LogP contribution in [-0.2, 0) is 35.3 Å². The third-order valence-corrected chi connectivity index (χ3v) is 6.65. The van der Waals surface area contributed by atoms with Gasteiger partial charge < -0.3 is 4.57 Å². The van der Waals surface area contributed by atoms with Gasteiger partial charge in [-0.1, -0.05) is 29.3 Å². The summed E-state index contributed by atoms with van der Waals surface area (Å²) in [5, 5.41) is 0.717. The second kappa shape index (κ2) is 7.04. The molecule has 1 aliphatic rings. The number of hydrogen-bond acceptors (Lipinski definition) is 3. The lowest BCUT2D eigenvalue weighted by Gasteiger charge is -2.17. The van der Waals surface area contributed by atoms with E-state index >= 15 is 0 Å². The van der Waals surface area contributed by atoms with Crippen molar-refractivity contribution in [1.29, 1.82) is 0 Å². The van der Waals surface area contributed by atoms with Crippen LogP contribution in [0.25, 0.3) is 0 Å². The highest BCUT2D eigenvalue weighted by Crippen LogP contribution is 2.27. The number of rotatable bonds is 5. The maximum atomic E-state index is 12.6. The summed E-state index contributed by atoms with van der Waals surface area (Å²) in [7, 11) is -1.99. The van der Waals surface area contributed by atoms with Gasteiger partial charge in [-0.15, -0.1) is 0 Å². The average molecular weight is 388 g/mol. The zero-order valence-electron chi connectivity index (χ0n) is 13.4. The number of benzene rings is 1. The van der Waals surface area contributed by atoms with Gasteiger partial charge in [0.25, 0.3) is 0 Å². The van der Waals surface area contributed by atoms with Gasteiger partial charge in [0.05, 0.1) is 18.0 Å². The van der Waals surface area contributed by atoms with E-state index in [1.165, 1.54) is 4.31 Å². The Bertz CT molecular complexity index is 805. The minimum atomic E-state index is -3.54. The van der Waals surface area contributed by atoms with Gasteiger partial charge in [0.15, 0.2) is 0 Å². The molecule has 1 aliphatic heterocycles. The Morgan fingerprint density at radius 2 is 1.96 bits per heavy atom. The molecule has 0 fully saturated rings. The van der Waals surface area contributed by atoms with E-state index < -0.39 is 10.0 Å². The van der Waals surface area contributed by atoms with Gasteiger partial charge in [-0.3, -0.25) is 0 Å². The normalized spacial score (nSPS) is 14.8. The van der Waals surface area contributed by atoms with Crippen molar-refractivity contribution in [2.24, 2.45) is 0 Å². The first-order chi connectivity index (χ1) is 11.4. The first-order valence-corrected chi connectivity index (χ1v) is 10.1. The third kappa shape index (κ3) is 3.77. The van der Waals surface area contributed by atoms with Crippen LogP contribution >= 0.6 is 23.2 Å². The van der Waals surface area contributed by atoms with Crippen LogP contribution in [0, 0.1) is 0 Å². The van der Waals surface area contributed by atoms with Gasteiger partial charge in [0.2, 0.25) is 10.0 Å². The Kier molecular flexibility index (Phi) is 5.20. The Hall–Kier alpha value is -1.08. The fraction of sp³-hybridized carbons (Fsp3) is 0.438. The van der Waals surface area contributed by atoms with Crippen molar-refractivity contribution < 1.29 is 8.42 Å². The van der Waals surface area contributed by atoms with Crippen LogP contribution in [0.15, 0.2) is 24.4 Å². The lowest BCUT2D eigenvalue weighted by molar-refractivity contribution is 0.461. The number of nitrogens with zero attached hydrogens (tertiary/aromatic N) is 3. The maximum absolute atomic E-state index is 12.6. The van der Waals surface area contributed by atoms with Crippen molar-refractivity contribution in [3.8, 4) is 0 Å².